The van der Waals surface area contributed by atoms with Crippen LogP contribution in [0.2, 0.25) is 0 Å². The molecule has 1 fully saturated rings. The van der Waals surface area contributed by atoms with Gasteiger partial charge in [0.05, 0.1) is 18.0 Å². The molecule has 0 bridgehead atoms. The van der Waals surface area contributed by atoms with E-state index in [1.54, 1.807) is 6.92 Å². The first kappa shape index (κ1) is 14.9. The van der Waals surface area contributed by atoms with Gasteiger partial charge in [0.25, 0.3) is 0 Å². The second-order valence-electron chi connectivity index (χ2n) is 4.71. The lowest BCUT2D eigenvalue weighted by Crippen LogP contribution is -2.44. The molecule has 3 atom stereocenters. The average Bonchev–Trinajstić information content (AvgIpc) is 2.71. The fraction of sp³-hybridized carbons (Fsp3) is 1.00. The highest BCUT2D eigenvalue weighted by Crippen LogP contribution is 2.23. The summed E-state index contributed by atoms with van der Waals surface area (Å²) in [6.45, 7) is 3.73. The summed E-state index contributed by atoms with van der Waals surface area (Å²) >= 11 is 0. The second kappa shape index (κ2) is 6.68. The van der Waals surface area contributed by atoms with Crippen LogP contribution in [0.15, 0.2) is 0 Å². The average molecular weight is 264 g/mol. The molecule has 1 saturated heterocycles. The lowest BCUT2D eigenvalue weighted by Gasteiger charge is -2.22. The SMILES string of the molecule is CCS(=O)(=O)CCCC(NN)C1CCC(C)O1. The van der Waals surface area contributed by atoms with Crippen LogP contribution in [0.25, 0.3) is 0 Å². The standard InChI is InChI=1S/C11H24N2O3S/c1-3-17(14,15)8-4-5-10(13-12)11-7-6-9(2)16-11/h9-11,13H,3-8,12H2,1-2H3. The van der Waals surface area contributed by atoms with Crippen molar-refractivity contribution >= 4 is 9.84 Å². The number of ether oxygens (including phenoxy) is 1. The number of nitrogens with one attached hydrogen (secondary N) is 1. The Bertz CT molecular complexity index is 319. The van der Waals surface area contributed by atoms with Crippen molar-refractivity contribution in [3.8, 4) is 0 Å². The van der Waals surface area contributed by atoms with Crippen LogP contribution in [0.1, 0.15) is 39.5 Å². The van der Waals surface area contributed by atoms with Crippen molar-refractivity contribution < 1.29 is 13.2 Å². The zero-order valence-electron chi connectivity index (χ0n) is 10.7. The van der Waals surface area contributed by atoms with Crippen molar-refractivity contribution in [3.05, 3.63) is 0 Å². The summed E-state index contributed by atoms with van der Waals surface area (Å²) in [4.78, 5) is 0. The first-order valence-electron chi connectivity index (χ1n) is 6.30. The van der Waals surface area contributed by atoms with Gasteiger partial charge in [0.15, 0.2) is 0 Å². The summed E-state index contributed by atoms with van der Waals surface area (Å²) in [5.74, 6) is 5.95. The number of hydrogen-bond acceptors (Lipinski definition) is 5. The highest BCUT2D eigenvalue weighted by atomic mass is 32.2. The zero-order chi connectivity index (χ0) is 12.9. The molecular formula is C11H24N2O3S. The molecular weight excluding hydrogens is 240 g/mol. The summed E-state index contributed by atoms with van der Waals surface area (Å²) in [7, 11) is -2.87. The van der Waals surface area contributed by atoms with Crippen molar-refractivity contribution in [3.63, 3.8) is 0 Å². The molecule has 0 aromatic rings. The van der Waals surface area contributed by atoms with Crippen LogP contribution in [-0.4, -0.2) is 38.2 Å². The normalized spacial score (nSPS) is 27.2. The summed E-state index contributed by atoms with van der Waals surface area (Å²) < 4.78 is 28.5. The van der Waals surface area contributed by atoms with Crippen molar-refractivity contribution in [1.82, 2.24) is 5.43 Å². The van der Waals surface area contributed by atoms with Gasteiger partial charge in [-0.1, -0.05) is 6.92 Å². The molecule has 1 heterocycles. The lowest BCUT2D eigenvalue weighted by molar-refractivity contribution is 0.0299. The van der Waals surface area contributed by atoms with Gasteiger partial charge in [-0.3, -0.25) is 11.3 Å². The van der Waals surface area contributed by atoms with Gasteiger partial charge in [-0.2, -0.15) is 0 Å². The number of hydrazine groups is 1. The van der Waals surface area contributed by atoms with Crippen LogP contribution in [0, 0.1) is 0 Å². The van der Waals surface area contributed by atoms with Gasteiger partial charge in [0.2, 0.25) is 0 Å². The van der Waals surface area contributed by atoms with Crippen molar-refractivity contribution in [2.75, 3.05) is 11.5 Å². The Balaban J connectivity index is 2.33. The Hall–Kier alpha value is -0.170. The Labute approximate surface area is 104 Å². The summed E-state index contributed by atoms with van der Waals surface area (Å²) in [5, 5.41) is 0. The summed E-state index contributed by atoms with van der Waals surface area (Å²) in [6, 6.07) is 0.0620. The minimum Gasteiger partial charge on any atom is -0.374 e. The van der Waals surface area contributed by atoms with Gasteiger partial charge in [0.1, 0.15) is 9.84 Å². The molecule has 1 rings (SSSR count). The number of sulfone groups is 1. The van der Waals surface area contributed by atoms with Gasteiger partial charge in [-0.15, -0.1) is 0 Å². The van der Waals surface area contributed by atoms with E-state index in [-0.39, 0.29) is 29.8 Å². The Kier molecular flexibility index (Phi) is 5.85. The highest BCUT2D eigenvalue weighted by molar-refractivity contribution is 7.91. The maximum absolute atomic E-state index is 11.4. The van der Waals surface area contributed by atoms with Gasteiger partial charge in [0, 0.05) is 11.8 Å². The van der Waals surface area contributed by atoms with Crippen molar-refractivity contribution in [1.29, 1.82) is 0 Å². The number of hydrogen-bond donors (Lipinski definition) is 2. The third kappa shape index (κ3) is 4.91. The Morgan fingerprint density at radius 1 is 1.47 bits per heavy atom. The molecule has 1 aliphatic heterocycles. The molecule has 6 heteroatoms. The van der Waals surface area contributed by atoms with Crippen LogP contribution in [0.3, 0.4) is 0 Å². The van der Waals surface area contributed by atoms with Gasteiger partial charge < -0.3 is 4.74 Å². The van der Waals surface area contributed by atoms with Crippen LogP contribution >= 0.6 is 0 Å². The van der Waals surface area contributed by atoms with Gasteiger partial charge >= 0.3 is 0 Å². The predicted molar refractivity (Wildman–Crippen MR) is 68.2 cm³/mol. The fourth-order valence-electron chi connectivity index (χ4n) is 2.17. The molecule has 0 aromatic carbocycles. The molecule has 17 heavy (non-hydrogen) atoms. The number of rotatable bonds is 7. The van der Waals surface area contributed by atoms with Crippen LogP contribution < -0.4 is 11.3 Å². The molecule has 1 aliphatic rings. The molecule has 0 amide bonds. The minimum atomic E-state index is -2.87. The quantitative estimate of drug-likeness (QED) is 0.520. The third-order valence-electron chi connectivity index (χ3n) is 3.34. The summed E-state index contributed by atoms with van der Waals surface area (Å²) in [5.41, 5.74) is 2.75. The third-order valence-corrected chi connectivity index (χ3v) is 5.13. The van der Waals surface area contributed by atoms with E-state index in [9.17, 15) is 8.42 Å². The summed E-state index contributed by atoms with van der Waals surface area (Å²) in [6.07, 6.45) is 3.84. The van der Waals surface area contributed by atoms with E-state index in [2.05, 4.69) is 12.3 Å². The van der Waals surface area contributed by atoms with E-state index in [0.717, 1.165) is 19.3 Å². The molecule has 102 valence electrons. The largest absolute Gasteiger partial charge is 0.374 e. The molecule has 0 saturated carbocycles. The fourth-order valence-corrected chi connectivity index (χ4v) is 3.07. The predicted octanol–water partition coefficient (Wildman–Crippen LogP) is 0.601. The first-order valence-corrected chi connectivity index (χ1v) is 8.12. The molecule has 0 spiro atoms. The Morgan fingerprint density at radius 3 is 2.65 bits per heavy atom. The molecule has 5 nitrogen and oxygen atoms in total. The maximum atomic E-state index is 11.4. The molecule has 0 radical (unpaired) electrons. The maximum Gasteiger partial charge on any atom is 0.150 e. The topological polar surface area (TPSA) is 81.4 Å². The number of nitrogens with two attached hydrogens (primary N) is 1. The molecule has 0 aliphatic carbocycles. The van der Waals surface area contributed by atoms with E-state index >= 15 is 0 Å². The van der Waals surface area contributed by atoms with E-state index in [1.165, 1.54) is 0 Å². The second-order valence-corrected chi connectivity index (χ2v) is 7.19. The van der Waals surface area contributed by atoms with Crippen molar-refractivity contribution in [2.24, 2.45) is 5.84 Å². The molecule has 0 aromatic heterocycles. The van der Waals surface area contributed by atoms with Crippen LogP contribution in [0.5, 0.6) is 0 Å². The zero-order valence-corrected chi connectivity index (χ0v) is 11.5. The van der Waals surface area contributed by atoms with E-state index in [1.807, 2.05) is 0 Å². The minimum absolute atomic E-state index is 0.0620. The molecule has 3 N–H and O–H groups in total. The van der Waals surface area contributed by atoms with Crippen molar-refractivity contribution in [2.45, 2.75) is 57.8 Å². The highest BCUT2D eigenvalue weighted by Gasteiger charge is 2.28. The van der Waals surface area contributed by atoms with Crippen LogP contribution in [-0.2, 0) is 14.6 Å². The van der Waals surface area contributed by atoms with Crippen LogP contribution in [0.4, 0.5) is 0 Å². The lowest BCUT2D eigenvalue weighted by atomic mass is 10.0. The van der Waals surface area contributed by atoms with E-state index in [4.69, 9.17) is 10.6 Å². The monoisotopic (exact) mass is 264 g/mol. The van der Waals surface area contributed by atoms with Gasteiger partial charge in [-0.05, 0) is 32.6 Å². The van der Waals surface area contributed by atoms with E-state index in [0.29, 0.717) is 6.42 Å². The smallest absolute Gasteiger partial charge is 0.150 e. The Morgan fingerprint density at radius 2 is 2.18 bits per heavy atom. The first-order chi connectivity index (χ1) is 7.98. The van der Waals surface area contributed by atoms with E-state index < -0.39 is 9.84 Å². The van der Waals surface area contributed by atoms with Gasteiger partial charge in [-0.25, -0.2) is 8.42 Å². The molecule has 3 unspecified atom stereocenters.